The van der Waals surface area contributed by atoms with E-state index in [1.807, 2.05) is 24.3 Å². The highest BCUT2D eigenvalue weighted by molar-refractivity contribution is 5.85. The highest BCUT2D eigenvalue weighted by Crippen LogP contribution is 2.20. The van der Waals surface area contributed by atoms with Gasteiger partial charge in [0.1, 0.15) is 5.82 Å². The number of rotatable bonds is 1. The summed E-state index contributed by atoms with van der Waals surface area (Å²) in [6.45, 7) is 0. The first-order valence-corrected chi connectivity index (χ1v) is 3.72. The second-order valence-electron chi connectivity index (χ2n) is 2.53. The van der Waals surface area contributed by atoms with Crippen LogP contribution in [0.2, 0.25) is 0 Å². The topological polar surface area (TPSA) is 54.7 Å². The zero-order valence-corrected chi connectivity index (χ0v) is 7.71. The van der Waals surface area contributed by atoms with Crippen LogP contribution in [-0.4, -0.2) is 9.97 Å². The van der Waals surface area contributed by atoms with Gasteiger partial charge in [-0.3, -0.25) is 0 Å². The van der Waals surface area contributed by atoms with E-state index < -0.39 is 0 Å². The molecule has 1 aromatic carbocycles. The van der Waals surface area contributed by atoms with Crippen LogP contribution in [0.4, 0.5) is 5.69 Å². The predicted molar refractivity (Wildman–Crippen MR) is 55.7 cm³/mol. The lowest BCUT2D eigenvalue weighted by atomic mass is 10.2. The normalized spacial score (nSPS) is 9.23. The van der Waals surface area contributed by atoms with E-state index in [4.69, 9.17) is 5.73 Å². The van der Waals surface area contributed by atoms with Crippen LogP contribution in [0.5, 0.6) is 0 Å². The number of nitrogen functional groups attached to an aromatic ring is 1. The van der Waals surface area contributed by atoms with Crippen molar-refractivity contribution in [3.63, 3.8) is 0 Å². The summed E-state index contributed by atoms with van der Waals surface area (Å²) in [5, 5.41) is 0. The highest BCUT2D eigenvalue weighted by Gasteiger charge is 2.01. The maximum absolute atomic E-state index is 5.75. The van der Waals surface area contributed by atoms with Crippen LogP contribution in [0.15, 0.2) is 36.7 Å². The number of nitrogens with one attached hydrogen (secondary N) is 1. The molecule has 0 bridgehead atoms. The first-order chi connectivity index (χ1) is 5.88. The Morgan fingerprint density at radius 1 is 1.23 bits per heavy atom. The number of nitrogens with two attached hydrogens (primary N) is 1. The molecule has 3 nitrogen and oxygen atoms in total. The van der Waals surface area contributed by atoms with Gasteiger partial charge in [0.15, 0.2) is 0 Å². The number of hydrogen-bond acceptors (Lipinski definition) is 2. The van der Waals surface area contributed by atoms with E-state index in [9.17, 15) is 0 Å². The van der Waals surface area contributed by atoms with Crippen LogP contribution in [0.25, 0.3) is 11.4 Å². The van der Waals surface area contributed by atoms with E-state index in [-0.39, 0.29) is 12.4 Å². The highest BCUT2D eigenvalue weighted by atomic mass is 35.5. The molecule has 3 N–H and O–H groups in total. The molecule has 4 heteroatoms. The summed E-state index contributed by atoms with van der Waals surface area (Å²) in [6.07, 6.45) is 3.49. The summed E-state index contributed by atoms with van der Waals surface area (Å²) in [4.78, 5) is 7.11. The van der Waals surface area contributed by atoms with Crippen LogP contribution in [0.3, 0.4) is 0 Å². The van der Waals surface area contributed by atoms with Gasteiger partial charge in [-0.1, -0.05) is 12.1 Å². The van der Waals surface area contributed by atoms with Crippen molar-refractivity contribution in [2.75, 3.05) is 5.73 Å². The van der Waals surface area contributed by atoms with Crippen LogP contribution >= 0.6 is 12.4 Å². The number of benzene rings is 1. The van der Waals surface area contributed by atoms with Gasteiger partial charge in [0.2, 0.25) is 0 Å². The molecule has 0 aliphatic carbocycles. The minimum atomic E-state index is 0. The molecule has 2 aromatic rings. The molecule has 1 heterocycles. The van der Waals surface area contributed by atoms with Crippen molar-refractivity contribution in [3.05, 3.63) is 36.7 Å². The molecule has 1 aromatic heterocycles. The number of para-hydroxylation sites is 1. The molecule has 0 unspecified atom stereocenters. The Balaban J connectivity index is 0.000000845. The second kappa shape index (κ2) is 3.96. The lowest BCUT2D eigenvalue weighted by molar-refractivity contribution is 1.31. The predicted octanol–water partition coefficient (Wildman–Crippen LogP) is 2.08. The van der Waals surface area contributed by atoms with Gasteiger partial charge in [0.25, 0.3) is 0 Å². The third kappa shape index (κ3) is 1.81. The van der Waals surface area contributed by atoms with Gasteiger partial charge in [-0.25, -0.2) is 4.98 Å². The maximum atomic E-state index is 5.75. The van der Waals surface area contributed by atoms with Gasteiger partial charge >= 0.3 is 0 Å². The first kappa shape index (κ1) is 9.61. The summed E-state index contributed by atoms with van der Waals surface area (Å²) in [6, 6.07) is 7.64. The average Bonchev–Trinajstić information content (AvgIpc) is 2.57. The summed E-state index contributed by atoms with van der Waals surface area (Å²) in [5.41, 5.74) is 7.44. The van der Waals surface area contributed by atoms with Crippen molar-refractivity contribution in [2.45, 2.75) is 0 Å². The van der Waals surface area contributed by atoms with Gasteiger partial charge in [-0.2, -0.15) is 0 Å². The van der Waals surface area contributed by atoms with Gasteiger partial charge in [0, 0.05) is 23.6 Å². The lowest BCUT2D eigenvalue weighted by Gasteiger charge is -1.99. The zero-order chi connectivity index (χ0) is 8.39. The summed E-state index contributed by atoms with van der Waals surface area (Å²) >= 11 is 0. The average molecular weight is 196 g/mol. The molecule has 0 aliphatic rings. The zero-order valence-electron chi connectivity index (χ0n) is 6.90. The standard InChI is InChI=1S/C9H9N3.ClH/c10-8-4-2-1-3-7(8)9-11-5-6-12-9;/h1-6H,10H2,(H,11,12);1H. The summed E-state index contributed by atoms with van der Waals surface area (Å²) in [5.74, 6) is 0.813. The van der Waals surface area contributed by atoms with E-state index in [2.05, 4.69) is 9.97 Å². The quantitative estimate of drug-likeness (QED) is 0.685. The van der Waals surface area contributed by atoms with E-state index in [1.165, 1.54) is 0 Å². The number of aromatic amines is 1. The van der Waals surface area contributed by atoms with Crippen molar-refractivity contribution in [1.82, 2.24) is 9.97 Å². The van der Waals surface area contributed by atoms with E-state index in [1.54, 1.807) is 12.4 Å². The van der Waals surface area contributed by atoms with Crippen LogP contribution in [0.1, 0.15) is 0 Å². The molecule has 0 radical (unpaired) electrons. The monoisotopic (exact) mass is 195 g/mol. The summed E-state index contributed by atoms with van der Waals surface area (Å²) in [7, 11) is 0. The molecular weight excluding hydrogens is 186 g/mol. The Hall–Kier alpha value is -1.48. The van der Waals surface area contributed by atoms with E-state index in [0.717, 1.165) is 17.1 Å². The molecule has 13 heavy (non-hydrogen) atoms. The first-order valence-electron chi connectivity index (χ1n) is 3.72. The van der Waals surface area contributed by atoms with E-state index >= 15 is 0 Å². The molecule has 0 amide bonds. The number of aromatic nitrogens is 2. The molecule has 0 spiro atoms. The van der Waals surface area contributed by atoms with Gasteiger partial charge in [0.05, 0.1) is 0 Å². The molecule has 68 valence electrons. The minimum Gasteiger partial charge on any atom is -0.398 e. The van der Waals surface area contributed by atoms with Gasteiger partial charge in [-0.15, -0.1) is 12.4 Å². The lowest BCUT2D eigenvalue weighted by Crippen LogP contribution is -1.89. The number of nitrogens with zero attached hydrogens (tertiary/aromatic N) is 1. The Bertz CT molecular complexity index is 370. The van der Waals surface area contributed by atoms with E-state index in [0.29, 0.717) is 0 Å². The SMILES string of the molecule is Cl.Nc1ccccc1-c1ncc[nH]1. The smallest absolute Gasteiger partial charge is 0.139 e. The Kier molecular flexibility index (Phi) is 2.93. The minimum absolute atomic E-state index is 0. The van der Waals surface area contributed by atoms with Gasteiger partial charge in [-0.05, 0) is 12.1 Å². The second-order valence-corrected chi connectivity index (χ2v) is 2.53. The Morgan fingerprint density at radius 3 is 2.62 bits per heavy atom. The molecule has 0 fully saturated rings. The molecule has 0 atom stereocenters. The molecule has 0 aliphatic heterocycles. The van der Waals surface area contributed by atoms with Crippen molar-refractivity contribution < 1.29 is 0 Å². The summed E-state index contributed by atoms with van der Waals surface area (Å²) < 4.78 is 0. The van der Waals surface area contributed by atoms with Crippen LogP contribution in [-0.2, 0) is 0 Å². The Morgan fingerprint density at radius 2 is 2.00 bits per heavy atom. The number of anilines is 1. The number of halogens is 1. The third-order valence-electron chi connectivity index (χ3n) is 1.71. The van der Waals surface area contributed by atoms with Gasteiger partial charge < -0.3 is 10.7 Å². The molecule has 0 saturated carbocycles. The molecular formula is C9H10ClN3. The van der Waals surface area contributed by atoms with Crippen molar-refractivity contribution in [3.8, 4) is 11.4 Å². The van der Waals surface area contributed by atoms with Crippen LogP contribution in [0, 0.1) is 0 Å². The third-order valence-corrected chi connectivity index (χ3v) is 1.71. The number of imidazole rings is 1. The van der Waals surface area contributed by atoms with Crippen molar-refractivity contribution >= 4 is 18.1 Å². The molecule has 2 rings (SSSR count). The largest absolute Gasteiger partial charge is 0.398 e. The fourth-order valence-electron chi connectivity index (χ4n) is 1.13. The number of hydrogen-bond donors (Lipinski definition) is 2. The van der Waals surface area contributed by atoms with Crippen LogP contribution < -0.4 is 5.73 Å². The van der Waals surface area contributed by atoms with Crippen molar-refractivity contribution in [1.29, 1.82) is 0 Å². The Labute approximate surface area is 82.4 Å². The maximum Gasteiger partial charge on any atom is 0.139 e. The molecule has 0 saturated heterocycles. The fraction of sp³-hybridized carbons (Fsp3) is 0. The number of H-pyrrole nitrogens is 1. The fourth-order valence-corrected chi connectivity index (χ4v) is 1.13. The van der Waals surface area contributed by atoms with Crippen molar-refractivity contribution in [2.24, 2.45) is 0 Å².